The average molecular weight is 545 g/mol. The highest BCUT2D eigenvalue weighted by atomic mass is 35.5. The van der Waals surface area contributed by atoms with Gasteiger partial charge in [-0.05, 0) is 56.5 Å². The lowest BCUT2D eigenvalue weighted by Crippen LogP contribution is -2.02. The predicted molar refractivity (Wildman–Crippen MR) is 141 cm³/mol. The number of carbonyl (C=O) groups is 1. The summed E-state index contributed by atoms with van der Waals surface area (Å²) >= 11 is 7.33. The van der Waals surface area contributed by atoms with E-state index in [2.05, 4.69) is 5.10 Å². The Kier molecular flexibility index (Phi) is 7.55. The molecule has 0 atom stereocenters. The minimum atomic E-state index is -1.34. The van der Waals surface area contributed by atoms with Crippen LogP contribution in [0, 0.1) is 11.6 Å². The van der Waals surface area contributed by atoms with E-state index in [1.807, 2.05) is 15.4 Å². The van der Waals surface area contributed by atoms with Crippen molar-refractivity contribution < 1.29 is 18.7 Å². The van der Waals surface area contributed by atoms with Crippen molar-refractivity contribution in [1.82, 2.24) is 14.3 Å². The quantitative estimate of drug-likeness (QED) is 0.198. The van der Waals surface area contributed by atoms with E-state index in [9.17, 15) is 9.90 Å². The normalized spacial score (nSPS) is 13.5. The van der Waals surface area contributed by atoms with Gasteiger partial charge >= 0.3 is 5.97 Å². The van der Waals surface area contributed by atoms with Gasteiger partial charge in [-0.15, -0.1) is 0 Å². The maximum Gasteiger partial charge on any atom is 0.338 e. The third-order valence-corrected chi connectivity index (χ3v) is 8.06. The highest BCUT2D eigenvalue weighted by molar-refractivity contribution is 7.99. The smallest absolute Gasteiger partial charge is 0.338 e. The van der Waals surface area contributed by atoms with Gasteiger partial charge in [0.1, 0.15) is 0 Å². The number of benzene rings is 2. The fourth-order valence-electron chi connectivity index (χ4n) is 4.63. The molecule has 1 fully saturated rings. The van der Waals surface area contributed by atoms with Gasteiger partial charge < -0.3 is 15.4 Å². The van der Waals surface area contributed by atoms with Crippen LogP contribution in [0.4, 0.5) is 8.78 Å². The highest BCUT2D eigenvalue weighted by Crippen LogP contribution is 2.51. The number of hydrogen-bond donors (Lipinski definition) is 2. The number of aryl methyl sites for hydroxylation is 1. The van der Waals surface area contributed by atoms with Crippen molar-refractivity contribution in [3.05, 3.63) is 70.6 Å². The Morgan fingerprint density at radius 2 is 1.92 bits per heavy atom. The number of aromatic carboxylic acids is 1. The van der Waals surface area contributed by atoms with Gasteiger partial charge in [0, 0.05) is 39.5 Å². The van der Waals surface area contributed by atoms with E-state index in [4.69, 9.17) is 17.3 Å². The summed E-state index contributed by atoms with van der Waals surface area (Å²) in [6.45, 7) is 1.43. The molecule has 0 amide bonds. The molecular weight excluding hydrogens is 518 g/mol. The number of rotatable bonds is 11. The van der Waals surface area contributed by atoms with Gasteiger partial charge in [0.15, 0.2) is 11.6 Å². The molecule has 3 N–H and O–H groups in total. The SMILES string of the molecule is NCCCCCCn1cc(-n2c(C3CC3)c(Sc3cccc(C(=O)O)c3F)c3ccc(Cl)c(F)c32)cn1. The molecular formula is C27H27ClF2N4O2S. The van der Waals surface area contributed by atoms with Crippen molar-refractivity contribution in [2.24, 2.45) is 5.73 Å². The summed E-state index contributed by atoms with van der Waals surface area (Å²) < 4.78 is 34.4. The molecule has 37 heavy (non-hydrogen) atoms. The first kappa shape index (κ1) is 25.8. The maximum absolute atomic E-state index is 15.6. The van der Waals surface area contributed by atoms with Gasteiger partial charge in [-0.2, -0.15) is 5.10 Å². The first-order chi connectivity index (χ1) is 17.9. The third-order valence-electron chi connectivity index (χ3n) is 6.60. The zero-order valence-electron chi connectivity index (χ0n) is 20.1. The van der Waals surface area contributed by atoms with Crippen LogP contribution in [0.5, 0.6) is 0 Å². The van der Waals surface area contributed by atoms with Crippen LogP contribution in [0.15, 0.2) is 52.5 Å². The number of carboxylic acid groups (broad SMARTS) is 1. The fourth-order valence-corrected chi connectivity index (χ4v) is 5.98. The Labute approximate surface area is 222 Å². The Bertz CT molecular complexity index is 1460. The predicted octanol–water partition coefficient (Wildman–Crippen LogP) is 7.00. The van der Waals surface area contributed by atoms with Crippen LogP contribution in [-0.4, -0.2) is 32.0 Å². The number of halogens is 3. The second-order valence-corrected chi connectivity index (χ2v) is 10.7. The Morgan fingerprint density at radius 1 is 1.14 bits per heavy atom. The van der Waals surface area contributed by atoms with Gasteiger partial charge in [-0.3, -0.25) is 4.68 Å². The molecule has 2 heterocycles. The van der Waals surface area contributed by atoms with E-state index in [0.29, 0.717) is 28.0 Å². The molecule has 1 aliphatic carbocycles. The van der Waals surface area contributed by atoms with E-state index < -0.39 is 23.2 Å². The van der Waals surface area contributed by atoms with Crippen LogP contribution in [0.25, 0.3) is 16.6 Å². The molecule has 6 nitrogen and oxygen atoms in total. The molecule has 0 aliphatic heterocycles. The molecule has 0 bridgehead atoms. The van der Waals surface area contributed by atoms with Crippen LogP contribution < -0.4 is 5.73 Å². The number of nitrogens with two attached hydrogens (primary N) is 1. The minimum absolute atomic E-state index is 0.00324. The van der Waals surface area contributed by atoms with Gasteiger partial charge in [0.05, 0.1) is 28.0 Å². The lowest BCUT2D eigenvalue weighted by Gasteiger charge is -2.11. The number of carboxylic acids is 1. The van der Waals surface area contributed by atoms with Gasteiger partial charge in [-0.25, -0.2) is 13.6 Å². The molecule has 5 rings (SSSR count). The van der Waals surface area contributed by atoms with Gasteiger partial charge in [0.25, 0.3) is 0 Å². The number of fused-ring (bicyclic) bond motifs is 1. The molecule has 2 aromatic heterocycles. The summed E-state index contributed by atoms with van der Waals surface area (Å²) in [6, 6.07) is 7.53. The van der Waals surface area contributed by atoms with Gasteiger partial charge in [-0.1, -0.05) is 42.3 Å². The molecule has 194 valence electrons. The van der Waals surface area contributed by atoms with Crippen molar-refractivity contribution >= 4 is 40.2 Å². The van der Waals surface area contributed by atoms with E-state index in [1.54, 1.807) is 18.3 Å². The number of hydrogen-bond acceptors (Lipinski definition) is 4. The summed E-state index contributed by atoms with van der Waals surface area (Å²) in [5.74, 6) is -2.53. The van der Waals surface area contributed by atoms with Crippen molar-refractivity contribution in [2.75, 3.05) is 6.54 Å². The summed E-state index contributed by atoms with van der Waals surface area (Å²) in [4.78, 5) is 12.4. The molecule has 4 aromatic rings. The molecule has 0 radical (unpaired) electrons. The van der Waals surface area contributed by atoms with Crippen LogP contribution in [-0.2, 0) is 6.54 Å². The first-order valence-corrected chi connectivity index (χ1v) is 13.5. The molecule has 0 spiro atoms. The zero-order valence-corrected chi connectivity index (χ0v) is 21.7. The Balaban J connectivity index is 1.60. The minimum Gasteiger partial charge on any atom is -0.478 e. The fraction of sp³-hybridized carbons (Fsp3) is 0.333. The third kappa shape index (κ3) is 5.12. The number of nitrogens with zero attached hydrogens (tertiary/aromatic N) is 3. The standard InChI is InChI=1S/C27H27ClF2N4O2S/c28-20-11-10-19-25(23(20)30)34(17-14-32-33(15-17)13-4-2-1-3-12-31)24(16-8-9-16)26(19)37-21-7-5-6-18(22(21)29)27(35)36/h5-7,10-11,14-16H,1-4,8-9,12-13,31H2,(H,35,36). The van der Waals surface area contributed by atoms with Crippen LogP contribution in [0.1, 0.15) is 60.5 Å². The summed E-state index contributed by atoms with van der Waals surface area (Å²) in [6.07, 6.45) is 9.55. The van der Waals surface area contributed by atoms with E-state index >= 15 is 8.78 Å². The highest BCUT2D eigenvalue weighted by Gasteiger charge is 2.35. The summed E-state index contributed by atoms with van der Waals surface area (Å²) in [7, 11) is 0. The van der Waals surface area contributed by atoms with Gasteiger partial charge in [0.2, 0.25) is 0 Å². The summed E-state index contributed by atoms with van der Waals surface area (Å²) in [5, 5.41) is 14.5. The van der Waals surface area contributed by atoms with Crippen molar-refractivity contribution in [2.45, 2.75) is 60.8 Å². The molecule has 0 unspecified atom stereocenters. The zero-order chi connectivity index (χ0) is 26.1. The number of aromatic nitrogens is 3. The van der Waals surface area contributed by atoms with Crippen molar-refractivity contribution in [1.29, 1.82) is 0 Å². The van der Waals surface area contributed by atoms with Crippen LogP contribution in [0.3, 0.4) is 0 Å². The molecule has 10 heteroatoms. The van der Waals surface area contributed by atoms with E-state index in [0.717, 1.165) is 62.5 Å². The summed E-state index contributed by atoms with van der Waals surface area (Å²) in [5.41, 5.74) is 7.06. The van der Waals surface area contributed by atoms with Crippen molar-refractivity contribution in [3.8, 4) is 5.69 Å². The first-order valence-electron chi connectivity index (χ1n) is 12.4. The lowest BCUT2D eigenvalue weighted by molar-refractivity contribution is 0.0691. The maximum atomic E-state index is 15.6. The Hall–Kier alpha value is -2.88. The second kappa shape index (κ2) is 10.8. The largest absolute Gasteiger partial charge is 0.478 e. The molecule has 2 aromatic carbocycles. The monoisotopic (exact) mass is 544 g/mol. The van der Waals surface area contributed by atoms with E-state index in [-0.39, 0.29) is 15.8 Å². The van der Waals surface area contributed by atoms with Crippen LogP contribution in [0.2, 0.25) is 5.02 Å². The van der Waals surface area contributed by atoms with Crippen LogP contribution >= 0.6 is 23.4 Å². The molecule has 1 saturated carbocycles. The topological polar surface area (TPSA) is 86.1 Å². The van der Waals surface area contributed by atoms with E-state index in [1.165, 1.54) is 18.2 Å². The Morgan fingerprint density at radius 3 is 2.65 bits per heavy atom. The average Bonchev–Trinajstić information content (AvgIpc) is 3.52. The lowest BCUT2D eigenvalue weighted by atomic mass is 10.2. The molecule has 1 aliphatic rings. The second-order valence-electron chi connectivity index (χ2n) is 9.27. The molecule has 0 saturated heterocycles. The van der Waals surface area contributed by atoms with Crippen molar-refractivity contribution in [3.63, 3.8) is 0 Å². The number of unbranched alkanes of at least 4 members (excludes halogenated alkanes) is 3.